The van der Waals surface area contributed by atoms with Gasteiger partial charge in [-0.05, 0) is 25.8 Å². The predicted octanol–water partition coefficient (Wildman–Crippen LogP) is 0.376. The summed E-state index contributed by atoms with van der Waals surface area (Å²) in [5, 5.41) is 3.15. The maximum atomic E-state index is 11.8. The second-order valence-electron chi connectivity index (χ2n) is 4.43. The highest BCUT2D eigenvalue weighted by Gasteiger charge is 2.35. The molecule has 2 heterocycles. The van der Waals surface area contributed by atoms with E-state index in [1.54, 1.807) is 0 Å². The lowest BCUT2D eigenvalue weighted by molar-refractivity contribution is -0.138. The van der Waals surface area contributed by atoms with Crippen LogP contribution in [0.25, 0.3) is 0 Å². The summed E-state index contributed by atoms with van der Waals surface area (Å²) in [7, 11) is 0. The molecule has 1 amide bonds. The molecule has 86 valence electrons. The molecular formula is C11H20N2O2. The van der Waals surface area contributed by atoms with E-state index in [0.29, 0.717) is 18.8 Å². The van der Waals surface area contributed by atoms with Gasteiger partial charge in [-0.25, -0.2) is 0 Å². The Labute approximate surface area is 91.0 Å². The van der Waals surface area contributed by atoms with Crippen LogP contribution in [-0.2, 0) is 9.53 Å². The van der Waals surface area contributed by atoms with E-state index in [9.17, 15) is 4.79 Å². The fourth-order valence-corrected chi connectivity index (χ4v) is 2.30. The van der Waals surface area contributed by atoms with E-state index in [0.717, 1.165) is 38.9 Å². The average Bonchev–Trinajstić information content (AvgIpc) is 2.58. The van der Waals surface area contributed by atoms with Crippen LogP contribution in [0.2, 0.25) is 0 Å². The molecule has 0 aliphatic carbocycles. The Morgan fingerprint density at radius 3 is 2.67 bits per heavy atom. The summed E-state index contributed by atoms with van der Waals surface area (Å²) in [5.74, 6) is 0.226. The number of nitrogens with zero attached hydrogens (tertiary/aromatic N) is 1. The fraction of sp³-hybridized carbons (Fsp3) is 0.909. The number of fused-ring (bicyclic) bond motifs is 2. The van der Waals surface area contributed by atoms with Gasteiger partial charge in [0.25, 0.3) is 0 Å². The third-order valence-corrected chi connectivity index (χ3v) is 3.10. The Bertz CT molecular complexity index is 221. The van der Waals surface area contributed by atoms with Crippen molar-refractivity contribution in [1.82, 2.24) is 10.2 Å². The summed E-state index contributed by atoms with van der Waals surface area (Å²) in [6, 6.07) is 0. The number of likely N-dealkylation sites (tertiary alicyclic amines) is 1. The number of morpholine rings is 1. The zero-order chi connectivity index (χ0) is 10.7. The van der Waals surface area contributed by atoms with Crippen molar-refractivity contribution in [3.8, 4) is 0 Å². The van der Waals surface area contributed by atoms with Crippen LogP contribution < -0.4 is 5.32 Å². The quantitative estimate of drug-likeness (QED) is 0.685. The van der Waals surface area contributed by atoms with Crippen LogP contribution in [-0.4, -0.2) is 49.2 Å². The number of nitrogens with one attached hydrogen (secondary N) is 1. The molecule has 2 aliphatic rings. The van der Waals surface area contributed by atoms with Gasteiger partial charge in [-0.3, -0.25) is 4.79 Å². The van der Waals surface area contributed by atoms with Gasteiger partial charge < -0.3 is 15.0 Å². The highest BCUT2D eigenvalue weighted by atomic mass is 16.5. The van der Waals surface area contributed by atoms with Crippen molar-refractivity contribution in [2.75, 3.05) is 26.2 Å². The topological polar surface area (TPSA) is 41.6 Å². The van der Waals surface area contributed by atoms with E-state index in [-0.39, 0.29) is 5.91 Å². The normalized spacial score (nSPS) is 29.5. The first-order valence-corrected chi connectivity index (χ1v) is 5.93. The van der Waals surface area contributed by atoms with Crippen molar-refractivity contribution in [3.63, 3.8) is 0 Å². The number of hydrogen-bond acceptors (Lipinski definition) is 3. The number of carbonyl (C=O) groups is 1. The van der Waals surface area contributed by atoms with Gasteiger partial charge in [0.05, 0.1) is 18.8 Å². The molecule has 1 N–H and O–H groups in total. The Hall–Kier alpha value is -0.610. The summed E-state index contributed by atoms with van der Waals surface area (Å²) in [5.41, 5.74) is 0. The van der Waals surface area contributed by atoms with Gasteiger partial charge in [0.2, 0.25) is 5.91 Å². The molecule has 0 aromatic carbocycles. The van der Waals surface area contributed by atoms with Crippen molar-refractivity contribution in [1.29, 1.82) is 0 Å². The zero-order valence-corrected chi connectivity index (χ0v) is 9.37. The lowest BCUT2D eigenvalue weighted by Gasteiger charge is -2.32. The molecule has 15 heavy (non-hydrogen) atoms. The standard InChI is InChI=1S/C11H20N2O2/c1-2-5-12-6-11(14)13-7-9-3-4-10(8-13)15-9/h9-10,12H,2-8H2,1H3. The van der Waals surface area contributed by atoms with Crippen LogP contribution in [0, 0.1) is 0 Å². The molecule has 0 aromatic heterocycles. The van der Waals surface area contributed by atoms with E-state index in [2.05, 4.69) is 12.2 Å². The number of ether oxygens (including phenoxy) is 1. The third kappa shape index (κ3) is 2.69. The van der Waals surface area contributed by atoms with Crippen LogP contribution in [0.3, 0.4) is 0 Å². The summed E-state index contributed by atoms with van der Waals surface area (Å²) in [4.78, 5) is 13.8. The van der Waals surface area contributed by atoms with Crippen molar-refractivity contribution >= 4 is 5.91 Å². The first-order chi connectivity index (χ1) is 7.29. The van der Waals surface area contributed by atoms with Gasteiger partial charge in [-0.1, -0.05) is 6.92 Å². The molecule has 0 saturated carbocycles. The second kappa shape index (κ2) is 4.94. The molecule has 0 aromatic rings. The molecule has 2 unspecified atom stereocenters. The number of rotatable bonds is 4. The van der Waals surface area contributed by atoms with Crippen LogP contribution in [0.1, 0.15) is 26.2 Å². The average molecular weight is 212 g/mol. The molecule has 2 fully saturated rings. The van der Waals surface area contributed by atoms with Crippen LogP contribution in [0.4, 0.5) is 0 Å². The second-order valence-corrected chi connectivity index (χ2v) is 4.43. The summed E-state index contributed by atoms with van der Waals surface area (Å²) in [6.45, 7) is 5.09. The SMILES string of the molecule is CCCNCC(=O)N1CC2CCC(C1)O2. The molecule has 4 nitrogen and oxygen atoms in total. The molecule has 4 heteroatoms. The van der Waals surface area contributed by atoms with E-state index < -0.39 is 0 Å². The molecule has 2 atom stereocenters. The zero-order valence-electron chi connectivity index (χ0n) is 9.37. The lowest BCUT2D eigenvalue weighted by atomic mass is 10.2. The summed E-state index contributed by atoms with van der Waals surface area (Å²) < 4.78 is 5.69. The minimum absolute atomic E-state index is 0.226. The fourth-order valence-electron chi connectivity index (χ4n) is 2.30. The molecule has 2 bridgehead atoms. The van der Waals surface area contributed by atoms with E-state index in [4.69, 9.17) is 4.74 Å². The van der Waals surface area contributed by atoms with Crippen LogP contribution in [0.15, 0.2) is 0 Å². The maximum Gasteiger partial charge on any atom is 0.236 e. The van der Waals surface area contributed by atoms with Gasteiger partial charge in [0.15, 0.2) is 0 Å². The van der Waals surface area contributed by atoms with E-state index in [1.165, 1.54) is 0 Å². The van der Waals surface area contributed by atoms with Gasteiger partial charge in [0, 0.05) is 13.1 Å². The van der Waals surface area contributed by atoms with Crippen molar-refractivity contribution < 1.29 is 9.53 Å². The molecule has 2 rings (SSSR count). The Morgan fingerprint density at radius 1 is 1.40 bits per heavy atom. The minimum atomic E-state index is 0.226. The number of carbonyl (C=O) groups excluding carboxylic acids is 1. The van der Waals surface area contributed by atoms with Gasteiger partial charge in [-0.2, -0.15) is 0 Å². The largest absolute Gasteiger partial charge is 0.371 e. The van der Waals surface area contributed by atoms with Gasteiger partial charge in [0.1, 0.15) is 0 Å². The lowest BCUT2D eigenvalue weighted by Crippen LogP contribution is -2.48. The third-order valence-electron chi connectivity index (χ3n) is 3.10. The maximum absolute atomic E-state index is 11.8. The smallest absolute Gasteiger partial charge is 0.236 e. The van der Waals surface area contributed by atoms with Gasteiger partial charge in [-0.15, -0.1) is 0 Å². The summed E-state index contributed by atoms with van der Waals surface area (Å²) in [6.07, 6.45) is 3.92. The predicted molar refractivity (Wildman–Crippen MR) is 57.6 cm³/mol. The number of hydrogen-bond donors (Lipinski definition) is 1. The molecule has 2 aliphatic heterocycles. The van der Waals surface area contributed by atoms with Crippen LogP contribution in [0.5, 0.6) is 0 Å². The molecule has 0 radical (unpaired) electrons. The molecule has 2 saturated heterocycles. The minimum Gasteiger partial charge on any atom is -0.371 e. The Kier molecular flexibility index (Phi) is 3.59. The van der Waals surface area contributed by atoms with Crippen molar-refractivity contribution in [2.45, 2.75) is 38.4 Å². The van der Waals surface area contributed by atoms with Crippen molar-refractivity contribution in [2.24, 2.45) is 0 Å². The van der Waals surface area contributed by atoms with Crippen molar-refractivity contribution in [3.05, 3.63) is 0 Å². The highest BCUT2D eigenvalue weighted by molar-refractivity contribution is 5.78. The first kappa shape index (κ1) is 10.9. The highest BCUT2D eigenvalue weighted by Crippen LogP contribution is 2.25. The first-order valence-electron chi connectivity index (χ1n) is 5.93. The van der Waals surface area contributed by atoms with E-state index >= 15 is 0 Å². The van der Waals surface area contributed by atoms with Crippen LogP contribution >= 0.6 is 0 Å². The molecule has 0 spiro atoms. The monoisotopic (exact) mass is 212 g/mol. The Morgan fingerprint density at radius 2 is 2.07 bits per heavy atom. The van der Waals surface area contributed by atoms with Gasteiger partial charge >= 0.3 is 0 Å². The van der Waals surface area contributed by atoms with E-state index in [1.807, 2.05) is 4.90 Å². The number of amides is 1. The summed E-state index contributed by atoms with van der Waals surface area (Å²) >= 11 is 0. The molecular weight excluding hydrogens is 192 g/mol. The Balaban J connectivity index is 1.76.